The van der Waals surface area contributed by atoms with Crippen LogP contribution in [0.4, 0.5) is 0 Å². The van der Waals surface area contributed by atoms with Crippen LogP contribution in [0.1, 0.15) is 32.1 Å². The van der Waals surface area contributed by atoms with Crippen LogP contribution in [0.15, 0.2) is 0 Å². The number of hydrogen-bond acceptors (Lipinski definition) is 3. The molecule has 0 radical (unpaired) electrons. The lowest BCUT2D eigenvalue weighted by molar-refractivity contribution is 0.0456. The van der Waals surface area contributed by atoms with Crippen molar-refractivity contribution in [3.63, 3.8) is 0 Å². The molecule has 15 heavy (non-hydrogen) atoms. The van der Waals surface area contributed by atoms with Gasteiger partial charge in [-0.05, 0) is 25.2 Å². The maximum atomic E-state index is 9.89. The van der Waals surface area contributed by atoms with Crippen molar-refractivity contribution in [3.05, 3.63) is 0 Å². The van der Waals surface area contributed by atoms with E-state index in [4.69, 9.17) is 4.74 Å². The summed E-state index contributed by atoms with van der Waals surface area (Å²) in [7, 11) is 1.80. The zero-order chi connectivity index (χ0) is 10.7. The quantitative estimate of drug-likeness (QED) is 0.766. The number of likely N-dealkylation sites (tertiary alicyclic amines) is 1. The van der Waals surface area contributed by atoms with Crippen LogP contribution in [-0.2, 0) is 4.74 Å². The highest BCUT2D eigenvalue weighted by Crippen LogP contribution is 2.26. The highest BCUT2D eigenvalue weighted by Gasteiger charge is 2.28. The number of aliphatic hydroxyl groups excluding tert-OH is 1. The lowest BCUT2D eigenvalue weighted by Gasteiger charge is -2.31. The summed E-state index contributed by atoms with van der Waals surface area (Å²) in [6, 6.07) is 0. The molecule has 0 aromatic rings. The normalized spacial score (nSPS) is 38.4. The van der Waals surface area contributed by atoms with Gasteiger partial charge in [-0.1, -0.05) is 12.8 Å². The second-order valence-electron chi connectivity index (χ2n) is 5.02. The van der Waals surface area contributed by atoms with E-state index in [1.54, 1.807) is 7.11 Å². The summed E-state index contributed by atoms with van der Waals surface area (Å²) >= 11 is 0. The van der Waals surface area contributed by atoms with E-state index >= 15 is 0 Å². The number of rotatable bonds is 3. The molecule has 88 valence electrons. The summed E-state index contributed by atoms with van der Waals surface area (Å²) in [6.07, 6.45) is 6.23. The molecule has 2 rings (SSSR count). The first kappa shape index (κ1) is 11.4. The van der Waals surface area contributed by atoms with E-state index in [1.165, 1.54) is 19.3 Å². The molecule has 0 bridgehead atoms. The van der Waals surface area contributed by atoms with Gasteiger partial charge in [0.15, 0.2) is 0 Å². The van der Waals surface area contributed by atoms with Gasteiger partial charge in [0.05, 0.1) is 12.2 Å². The monoisotopic (exact) mass is 213 g/mol. The maximum Gasteiger partial charge on any atom is 0.0710 e. The average Bonchev–Trinajstić information content (AvgIpc) is 2.69. The Morgan fingerprint density at radius 3 is 2.73 bits per heavy atom. The molecule has 0 aromatic heterocycles. The number of methoxy groups -OCH3 is 1. The molecule has 2 aliphatic rings. The van der Waals surface area contributed by atoms with Crippen LogP contribution in [-0.4, -0.2) is 49.0 Å². The van der Waals surface area contributed by atoms with E-state index in [2.05, 4.69) is 4.90 Å². The first-order valence-electron chi connectivity index (χ1n) is 6.23. The Hall–Kier alpha value is -0.120. The zero-order valence-corrected chi connectivity index (χ0v) is 9.69. The Kier molecular flexibility index (Phi) is 4.00. The predicted molar refractivity (Wildman–Crippen MR) is 59.8 cm³/mol. The van der Waals surface area contributed by atoms with Crippen molar-refractivity contribution in [1.29, 1.82) is 0 Å². The van der Waals surface area contributed by atoms with Gasteiger partial charge in [-0.25, -0.2) is 0 Å². The molecule has 2 fully saturated rings. The third-order valence-electron chi connectivity index (χ3n) is 3.92. The molecule has 0 aromatic carbocycles. The summed E-state index contributed by atoms with van der Waals surface area (Å²) in [5, 5.41) is 9.89. The number of nitrogens with zero attached hydrogens (tertiary/aromatic N) is 1. The van der Waals surface area contributed by atoms with E-state index in [-0.39, 0.29) is 6.10 Å². The second-order valence-corrected chi connectivity index (χ2v) is 5.02. The highest BCUT2D eigenvalue weighted by molar-refractivity contribution is 4.82. The number of aliphatic hydroxyl groups is 1. The molecular formula is C12H23NO2. The Bertz CT molecular complexity index is 198. The fourth-order valence-corrected chi connectivity index (χ4v) is 2.89. The van der Waals surface area contributed by atoms with Crippen LogP contribution < -0.4 is 0 Å². The summed E-state index contributed by atoms with van der Waals surface area (Å²) < 4.78 is 5.35. The summed E-state index contributed by atoms with van der Waals surface area (Å²) in [5.41, 5.74) is 0. The van der Waals surface area contributed by atoms with Gasteiger partial charge in [-0.2, -0.15) is 0 Å². The third-order valence-corrected chi connectivity index (χ3v) is 3.92. The molecule has 3 atom stereocenters. The van der Waals surface area contributed by atoms with Gasteiger partial charge in [-0.3, -0.25) is 0 Å². The SMILES string of the molecule is COC1CCN(CC2CCCCC2O)C1. The van der Waals surface area contributed by atoms with Crippen LogP contribution in [0.2, 0.25) is 0 Å². The van der Waals surface area contributed by atoms with E-state index in [9.17, 15) is 5.11 Å². The highest BCUT2D eigenvalue weighted by atomic mass is 16.5. The molecule has 1 heterocycles. The summed E-state index contributed by atoms with van der Waals surface area (Å²) in [4.78, 5) is 2.45. The van der Waals surface area contributed by atoms with E-state index in [1.807, 2.05) is 0 Å². The van der Waals surface area contributed by atoms with E-state index < -0.39 is 0 Å². The first-order chi connectivity index (χ1) is 7.29. The Balaban J connectivity index is 1.76. The second kappa shape index (κ2) is 5.28. The molecule has 1 aliphatic carbocycles. The lowest BCUT2D eigenvalue weighted by Crippen LogP contribution is -2.36. The number of ether oxygens (including phenoxy) is 1. The molecule has 3 unspecified atom stereocenters. The largest absolute Gasteiger partial charge is 0.393 e. The molecule has 1 aliphatic heterocycles. The molecular weight excluding hydrogens is 190 g/mol. The predicted octanol–water partition coefficient (Wildman–Crippen LogP) is 1.26. The van der Waals surface area contributed by atoms with Gasteiger partial charge in [0.2, 0.25) is 0 Å². The van der Waals surface area contributed by atoms with E-state index in [0.717, 1.165) is 32.5 Å². The number of hydrogen-bond donors (Lipinski definition) is 1. The van der Waals surface area contributed by atoms with Crippen LogP contribution in [0.5, 0.6) is 0 Å². The van der Waals surface area contributed by atoms with Gasteiger partial charge in [-0.15, -0.1) is 0 Å². The molecule has 1 N–H and O–H groups in total. The third kappa shape index (κ3) is 2.92. The van der Waals surface area contributed by atoms with Crippen molar-refractivity contribution in [2.45, 2.75) is 44.3 Å². The van der Waals surface area contributed by atoms with Gasteiger partial charge in [0.1, 0.15) is 0 Å². The summed E-state index contributed by atoms with van der Waals surface area (Å²) in [6.45, 7) is 3.27. The average molecular weight is 213 g/mol. The minimum Gasteiger partial charge on any atom is -0.393 e. The zero-order valence-electron chi connectivity index (χ0n) is 9.69. The minimum atomic E-state index is -0.0552. The Morgan fingerprint density at radius 1 is 1.27 bits per heavy atom. The fourth-order valence-electron chi connectivity index (χ4n) is 2.89. The molecule has 1 saturated carbocycles. The van der Waals surface area contributed by atoms with Crippen molar-refractivity contribution in [3.8, 4) is 0 Å². The maximum absolute atomic E-state index is 9.89. The van der Waals surface area contributed by atoms with Crippen molar-refractivity contribution in [1.82, 2.24) is 4.90 Å². The molecule has 0 amide bonds. The summed E-state index contributed by atoms with van der Waals surface area (Å²) in [5.74, 6) is 0.509. The van der Waals surface area contributed by atoms with Gasteiger partial charge in [0, 0.05) is 26.7 Å². The molecule has 0 spiro atoms. The van der Waals surface area contributed by atoms with Crippen LogP contribution in [0, 0.1) is 5.92 Å². The van der Waals surface area contributed by atoms with Gasteiger partial charge in [0.25, 0.3) is 0 Å². The van der Waals surface area contributed by atoms with Crippen LogP contribution in [0.3, 0.4) is 0 Å². The smallest absolute Gasteiger partial charge is 0.0710 e. The molecule has 3 nitrogen and oxygen atoms in total. The van der Waals surface area contributed by atoms with Crippen molar-refractivity contribution in [2.75, 3.05) is 26.7 Å². The minimum absolute atomic E-state index is 0.0552. The van der Waals surface area contributed by atoms with Crippen molar-refractivity contribution >= 4 is 0 Å². The van der Waals surface area contributed by atoms with E-state index in [0.29, 0.717) is 12.0 Å². The van der Waals surface area contributed by atoms with Crippen molar-refractivity contribution in [2.24, 2.45) is 5.92 Å². The first-order valence-corrected chi connectivity index (χ1v) is 6.23. The Labute approximate surface area is 92.4 Å². The molecule has 3 heteroatoms. The topological polar surface area (TPSA) is 32.7 Å². The molecule has 1 saturated heterocycles. The van der Waals surface area contributed by atoms with Crippen LogP contribution in [0.25, 0.3) is 0 Å². The lowest BCUT2D eigenvalue weighted by atomic mass is 9.86. The van der Waals surface area contributed by atoms with Gasteiger partial charge >= 0.3 is 0 Å². The van der Waals surface area contributed by atoms with Gasteiger partial charge < -0.3 is 14.7 Å². The van der Waals surface area contributed by atoms with Crippen LogP contribution >= 0.6 is 0 Å². The Morgan fingerprint density at radius 2 is 2.07 bits per heavy atom. The van der Waals surface area contributed by atoms with Crippen molar-refractivity contribution < 1.29 is 9.84 Å². The fraction of sp³-hybridized carbons (Fsp3) is 1.00. The standard InChI is InChI=1S/C12H23NO2/c1-15-11-6-7-13(9-11)8-10-4-2-3-5-12(10)14/h10-12,14H,2-9H2,1H3.